The molecule has 1 heterocycles. The number of methoxy groups -OCH3 is 1. The molecule has 8 nitrogen and oxygen atoms in total. The Balaban J connectivity index is 0.00000280. The Morgan fingerprint density at radius 1 is 1.04 bits per heavy atom. The Hall–Kier alpha value is -1.88. The third-order valence-electron chi connectivity index (χ3n) is 3.55. The third-order valence-corrected chi connectivity index (χ3v) is 4.19. The van der Waals surface area contributed by atoms with Gasteiger partial charge in [-0.3, -0.25) is 0 Å². The van der Waals surface area contributed by atoms with Gasteiger partial charge in [0.05, 0.1) is 18.5 Å². The van der Waals surface area contributed by atoms with Gasteiger partial charge in [0.2, 0.25) is 0 Å². The van der Waals surface area contributed by atoms with Crippen molar-refractivity contribution in [2.75, 3.05) is 7.11 Å². The molecule has 0 spiro atoms. The van der Waals surface area contributed by atoms with Gasteiger partial charge in [0, 0.05) is 10.6 Å². The van der Waals surface area contributed by atoms with Gasteiger partial charge in [0.15, 0.2) is 11.5 Å². The van der Waals surface area contributed by atoms with Crippen LogP contribution in [0.25, 0.3) is 22.5 Å². The molecule has 0 aliphatic heterocycles. The molecule has 11 heteroatoms. The SMILES string of the molecule is COc1cc(-c2cc(-c3ccc(Cl)cc3)[nH]c(=O)n2)ccc1OS(=O)(=O)[O-].[Na+]. The summed E-state index contributed by atoms with van der Waals surface area (Å²) < 4.78 is 41.8. The van der Waals surface area contributed by atoms with Gasteiger partial charge in [-0.1, -0.05) is 23.7 Å². The number of aromatic amines is 1. The predicted molar refractivity (Wildman–Crippen MR) is 97.6 cm³/mol. The Labute approximate surface area is 187 Å². The van der Waals surface area contributed by atoms with E-state index in [1.54, 1.807) is 30.3 Å². The number of aromatic nitrogens is 2. The van der Waals surface area contributed by atoms with Gasteiger partial charge in [-0.05, 0) is 42.0 Å². The molecule has 1 aromatic heterocycles. The van der Waals surface area contributed by atoms with E-state index in [0.29, 0.717) is 22.0 Å². The number of halogens is 1. The molecule has 0 bridgehead atoms. The van der Waals surface area contributed by atoms with E-state index in [9.17, 15) is 17.8 Å². The maximum absolute atomic E-state index is 12.0. The number of H-pyrrole nitrogens is 1. The zero-order valence-electron chi connectivity index (χ0n) is 14.8. The molecular weight excluding hydrogens is 419 g/mol. The van der Waals surface area contributed by atoms with E-state index < -0.39 is 16.1 Å². The largest absolute Gasteiger partial charge is 1.00 e. The van der Waals surface area contributed by atoms with Crippen molar-refractivity contribution < 1.29 is 51.4 Å². The Morgan fingerprint density at radius 3 is 2.29 bits per heavy atom. The summed E-state index contributed by atoms with van der Waals surface area (Å²) in [5.74, 6) is -0.263. The molecule has 0 atom stereocenters. The van der Waals surface area contributed by atoms with Crippen LogP contribution in [-0.2, 0) is 10.4 Å². The first-order valence-corrected chi connectivity index (χ1v) is 9.17. The van der Waals surface area contributed by atoms with Crippen LogP contribution in [-0.4, -0.2) is 30.0 Å². The second-order valence-corrected chi connectivity index (χ2v) is 6.77. The van der Waals surface area contributed by atoms with Crippen molar-refractivity contribution in [1.29, 1.82) is 0 Å². The minimum absolute atomic E-state index is 0. The fraction of sp³-hybridized carbons (Fsp3) is 0.0588. The Kier molecular flexibility index (Phi) is 7.27. The van der Waals surface area contributed by atoms with E-state index in [1.807, 2.05) is 0 Å². The van der Waals surface area contributed by atoms with Crippen LogP contribution in [0.2, 0.25) is 5.02 Å². The van der Waals surface area contributed by atoms with E-state index in [0.717, 1.165) is 5.56 Å². The van der Waals surface area contributed by atoms with Crippen LogP contribution in [0.1, 0.15) is 0 Å². The zero-order chi connectivity index (χ0) is 19.6. The minimum Gasteiger partial charge on any atom is -0.716 e. The molecule has 3 rings (SSSR count). The van der Waals surface area contributed by atoms with Gasteiger partial charge < -0.3 is 18.5 Å². The molecule has 0 aliphatic rings. The van der Waals surface area contributed by atoms with Crippen molar-refractivity contribution in [3.05, 3.63) is 64.0 Å². The van der Waals surface area contributed by atoms with E-state index in [1.165, 1.54) is 25.3 Å². The maximum atomic E-state index is 12.0. The zero-order valence-corrected chi connectivity index (χ0v) is 18.4. The van der Waals surface area contributed by atoms with Gasteiger partial charge in [-0.15, -0.1) is 0 Å². The summed E-state index contributed by atoms with van der Waals surface area (Å²) in [6.07, 6.45) is 0. The first-order valence-electron chi connectivity index (χ1n) is 7.46. The summed E-state index contributed by atoms with van der Waals surface area (Å²) in [4.78, 5) is 18.5. The molecule has 0 aliphatic carbocycles. The second kappa shape index (κ2) is 9.08. The standard InChI is InChI=1S/C17H13ClN2O6S.Na/c1-25-16-8-11(4-7-15(16)26-27(22,23)24)14-9-13(19-17(21)20-14)10-2-5-12(18)6-3-10;/h2-9H,1H3,(H,19,20,21)(H,22,23,24);/q;+1/p-1. The van der Waals surface area contributed by atoms with Gasteiger partial charge in [0.1, 0.15) is 0 Å². The van der Waals surface area contributed by atoms with Crippen molar-refractivity contribution >= 4 is 22.0 Å². The molecule has 0 saturated heterocycles. The molecule has 28 heavy (non-hydrogen) atoms. The Morgan fingerprint density at radius 2 is 1.68 bits per heavy atom. The van der Waals surface area contributed by atoms with Crippen LogP contribution in [0.4, 0.5) is 0 Å². The molecule has 0 amide bonds. The quantitative estimate of drug-likeness (QED) is 0.332. The number of ether oxygens (including phenoxy) is 1. The number of rotatable bonds is 5. The maximum Gasteiger partial charge on any atom is 1.00 e. The summed E-state index contributed by atoms with van der Waals surface area (Å²) in [6, 6.07) is 12.6. The van der Waals surface area contributed by atoms with Gasteiger partial charge >= 0.3 is 35.2 Å². The first kappa shape index (κ1) is 22.4. The van der Waals surface area contributed by atoms with Gasteiger partial charge in [-0.2, -0.15) is 4.98 Å². The molecule has 0 saturated carbocycles. The molecule has 0 fully saturated rings. The smallest absolute Gasteiger partial charge is 0.716 e. The van der Waals surface area contributed by atoms with E-state index in [-0.39, 0.29) is 41.1 Å². The molecule has 1 N–H and O–H groups in total. The molecule has 0 unspecified atom stereocenters. The third kappa shape index (κ3) is 5.57. The van der Waals surface area contributed by atoms with E-state index in [4.69, 9.17) is 16.3 Å². The van der Waals surface area contributed by atoms with Crippen LogP contribution in [0.3, 0.4) is 0 Å². The summed E-state index contributed by atoms with van der Waals surface area (Å²) in [6.45, 7) is 0. The van der Waals surface area contributed by atoms with Gasteiger partial charge in [-0.25, -0.2) is 13.2 Å². The van der Waals surface area contributed by atoms with Crippen LogP contribution < -0.4 is 44.2 Å². The predicted octanol–water partition coefficient (Wildman–Crippen LogP) is -0.391. The Bertz CT molecular complexity index is 1150. The van der Waals surface area contributed by atoms with E-state index >= 15 is 0 Å². The molecule has 140 valence electrons. The minimum atomic E-state index is -4.95. The van der Waals surface area contributed by atoms with Crippen LogP contribution >= 0.6 is 11.6 Å². The van der Waals surface area contributed by atoms with Crippen molar-refractivity contribution in [1.82, 2.24) is 9.97 Å². The topological polar surface area (TPSA) is 121 Å². The van der Waals surface area contributed by atoms with Crippen LogP contribution in [0.15, 0.2) is 53.3 Å². The summed E-state index contributed by atoms with van der Waals surface area (Å²) in [5.41, 5.74) is 1.45. The number of nitrogens with zero attached hydrogens (tertiary/aromatic N) is 1. The van der Waals surface area contributed by atoms with Crippen molar-refractivity contribution in [3.8, 4) is 34.0 Å². The number of hydrogen-bond donors (Lipinski definition) is 1. The van der Waals surface area contributed by atoms with Gasteiger partial charge in [0.25, 0.3) is 10.4 Å². The summed E-state index contributed by atoms with van der Waals surface area (Å²) in [5, 5.41) is 0.559. The van der Waals surface area contributed by atoms with Crippen LogP contribution in [0.5, 0.6) is 11.5 Å². The number of benzene rings is 2. The molecule has 2 aromatic carbocycles. The second-order valence-electron chi connectivity index (χ2n) is 5.35. The fourth-order valence-electron chi connectivity index (χ4n) is 2.40. The molecule has 3 aromatic rings. The summed E-state index contributed by atoms with van der Waals surface area (Å²) >= 11 is 5.88. The van der Waals surface area contributed by atoms with E-state index in [2.05, 4.69) is 14.2 Å². The van der Waals surface area contributed by atoms with Crippen molar-refractivity contribution in [2.24, 2.45) is 0 Å². The van der Waals surface area contributed by atoms with Crippen LogP contribution in [0, 0.1) is 0 Å². The average molecular weight is 431 g/mol. The van der Waals surface area contributed by atoms with Crippen molar-refractivity contribution in [3.63, 3.8) is 0 Å². The normalized spacial score (nSPS) is 10.8. The summed E-state index contributed by atoms with van der Waals surface area (Å²) in [7, 11) is -3.67. The molecule has 0 radical (unpaired) electrons. The monoisotopic (exact) mass is 430 g/mol. The average Bonchev–Trinajstić information content (AvgIpc) is 2.61. The molecular formula is C17H12ClN2NaO6S. The van der Waals surface area contributed by atoms with Crippen molar-refractivity contribution in [2.45, 2.75) is 0 Å². The number of hydrogen-bond acceptors (Lipinski definition) is 7. The fourth-order valence-corrected chi connectivity index (χ4v) is 2.88. The first-order chi connectivity index (χ1) is 12.7. The number of nitrogens with one attached hydrogen (secondary N) is 1.